The van der Waals surface area contributed by atoms with Gasteiger partial charge in [0.2, 0.25) is 0 Å². The number of guanidine groups is 1. The number of benzene rings is 1. The van der Waals surface area contributed by atoms with E-state index in [1.165, 1.54) is 0 Å². The first kappa shape index (κ1) is 24.9. The van der Waals surface area contributed by atoms with E-state index in [0.29, 0.717) is 32.9 Å². The number of ether oxygens (including phenoxy) is 3. The smallest absolute Gasteiger partial charge is 0.191 e. The van der Waals surface area contributed by atoms with Crippen LogP contribution in [0.1, 0.15) is 30.9 Å². The number of methoxy groups -OCH3 is 1. The summed E-state index contributed by atoms with van der Waals surface area (Å²) in [5.41, 5.74) is 2.27. The predicted molar refractivity (Wildman–Crippen MR) is 118 cm³/mol. The van der Waals surface area contributed by atoms with E-state index in [4.69, 9.17) is 14.2 Å². The van der Waals surface area contributed by atoms with Gasteiger partial charge in [0.1, 0.15) is 5.75 Å². The number of unbranched alkanes of at least 4 members (excludes halogenated alkanes) is 1. The number of hydrogen-bond acceptors (Lipinski definition) is 4. The van der Waals surface area contributed by atoms with Gasteiger partial charge >= 0.3 is 0 Å². The van der Waals surface area contributed by atoms with E-state index in [1.807, 2.05) is 13.0 Å². The highest BCUT2D eigenvalue weighted by atomic mass is 127. The molecule has 0 aliphatic heterocycles. The quantitative estimate of drug-likeness (QED) is 0.209. The first-order valence-electron chi connectivity index (χ1n) is 8.94. The molecule has 0 unspecified atom stereocenters. The second kappa shape index (κ2) is 16.1. The first-order valence-corrected chi connectivity index (χ1v) is 8.94. The molecule has 0 aliphatic carbocycles. The van der Waals surface area contributed by atoms with Gasteiger partial charge in [0.25, 0.3) is 0 Å². The van der Waals surface area contributed by atoms with Crippen LogP contribution >= 0.6 is 24.0 Å². The van der Waals surface area contributed by atoms with Crippen molar-refractivity contribution in [2.75, 3.05) is 47.1 Å². The molecule has 0 spiro atoms. The monoisotopic (exact) mass is 479 g/mol. The summed E-state index contributed by atoms with van der Waals surface area (Å²) in [5.74, 6) is 1.65. The van der Waals surface area contributed by atoms with Gasteiger partial charge < -0.3 is 24.8 Å². The summed E-state index contributed by atoms with van der Waals surface area (Å²) in [5, 5.41) is 6.52. The van der Waals surface area contributed by atoms with Crippen LogP contribution in [0.4, 0.5) is 0 Å². The minimum absolute atomic E-state index is 0. The average Bonchev–Trinajstić information content (AvgIpc) is 2.63. The highest BCUT2D eigenvalue weighted by molar-refractivity contribution is 14.0. The third-order valence-electron chi connectivity index (χ3n) is 3.71. The molecule has 1 rings (SSSR count). The maximum Gasteiger partial charge on any atom is 0.191 e. The van der Waals surface area contributed by atoms with Crippen LogP contribution < -0.4 is 15.4 Å². The Bertz CT molecular complexity index is 513. The van der Waals surface area contributed by atoms with Crippen molar-refractivity contribution in [1.82, 2.24) is 10.6 Å². The molecule has 0 amide bonds. The molecule has 6 nitrogen and oxygen atoms in total. The molecule has 2 N–H and O–H groups in total. The number of rotatable bonds is 12. The van der Waals surface area contributed by atoms with E-state index in [2.05, 4.69) is 34.7 Å². The molecule has 0 heterocycles. The SMILES string of the molecule is CCCCOCCOCCNC(=NC)NCc1ccc(C)c(OC)c1.I. The number of nitrogens with one attached hydrogen (secondary N) is 2. The summed E-state index contributed by atoms with van der Waals surface area (Å²) in [6, 6.07) is 6.18. The van der Waals surface area contributed by atoms with Crippen LogP contribution in [-0.4, -0.2) is 53.1 Å². The molecule has 0 saturated heterocycles. The lowest BCUT2D eigenvalue weighted by Crippen LogP contribution is -2.38. The minimum Gasteiger partial charge on any atom is -0.496 e. The molecule has 0 aliphatic rings. The van der Waals surface area contributed by atoms with Crippen LogP contribution in [0.15, 0.2) is 23.2 Å². The Balaban J connectivity index is 0.00000625. The molecule has 0 radical (unpaired) electrons. The van der Waals surface area contributed by atoms with E-state index in [-0.39, 0.29) is 24.0 Å². The molecular weight excluding hydrogens is 445 g/mol. The Kier molecular flexibility index (Phi) is 15.5. The third kappa shape index (κ3) is 10.8. The Morgan fingerprint density at radius 3 is 2.46 bits per heavy atom. The van der Waals surface area contributed by atoms with Crippen molar-refractivity contribution < 1.29 is 14.2 Å². The zero-order valence-electron chi connectivity index (χ0n) is 16.5. The summed E-state index contributed by atoms with van der Waals surface area (Å²) in [6.07, 6.45) is 2.27. The molecule has 7 heteroatoms. The molecule has 0 fully saturated rings. The molecule has 0 bridgehead atoms. The molecule has 26 heavy (non-hydrogen) atoms. The van der Waals surface area contributed by atoms with Crippen molar-refractivity contribution in [2.45, 2.75) is 33.2 Å². The second-order valence-corrected chi connectivity index (χ2v) is 5.73. The maximum absolute atomic E-state index is 5.53. The molecule has 150 valence electrons. The third-order valence-corrected chi connectivity index (χ3v) is 3.71. The number of hydrogen-bond donors (Lipinski definition) is 2. The summed E-state index contributed by atoms with van der Waals surface area (Å²) in [7, 11) is 3.45. The lowest BCUT2D eigenvalue weighted by Gasteiger charge is -2.13. The van der Waals surface area contributed by atoms with Crippen LogP contribution in [0, 0.1) is 6.92 Å². The number of halogens is 1. The minimum atomic E-state index is 0. The first-order chi connectivity index (χ1) is 12.2. The average molecular weight is 479 g/mol. The standard InChI is InChI=1S/C19H33N3O3.HI/c1-5-6-10-24-12-13-25-11-9-21-19(20-3)22-15-17-8-7-16(2)18(14-17)23-4;/h7-8,14H,5-6,9-13,15H2,1-4H3,(H2,20,21,22);1H. The van der Waals surface area contributed by atoms with Gasteiger partial charge in [-0.25, -0.2) is 0 Å². The Morgan fingerprint density at radius 2 is 1.81 bits per heavy atom. The van der Waals surface area contributed by atoms with E-state index in [0.717, 1.165) is 42.3 Å². The normalized spacial score (nSPS) is 11.0. The van der Waals surface area contributed by atoms with Gasteiger partial charge in [0.05, 0.1) is 26.9 Å². The second-order valence-electron chi connectivity index (χ2n) is 5.73. The van der Waals surface area contributed by atoms with Gasteiger partial charge in [-0.05, 0) is 30.5 Å². The Hall–Kier alpha value is -1.06. The topological polar surface area (TPSA) is 64.1 Å². The van der Waals surface area contributed by atoms with Crippen molar-refractivity contribution in [3.8, 4) is 5.75 Å². The lowest BCUT2D eigenvalue weighted by atomic mass is 10.1. The number of aryl methyl sites for hydroxylation is 1. The van der Waals surface area contributed by atoms with Crippen molar-refractivity contribution in [1.29, 1.82) is 0 Å². The highest BCUT2D eigenvalue weighted by Gasteiger charge is 2.02. The van der Waals surface area contributed by atoms with Gasteiger partial charge in [0, 0.05) is 26.7 Å². The molecule has 0 atom stereocenters. The van der Waals surface area contributed by atoms with Crippen LogP contribution in [0.3, 0.4) is 0 Å². The molecule has 1 aromatic carbocycles. The van der Waals surface area contributed by atoms with Crippen molar-refractivity contribution in [3.05, 3.63) is 29.3 Å². The molecular formula is C19H34IN3O3. The summed E-state index contributed by atoms with van der Waals surface area (Å²) < 4.78 is 16.3. The maximum atomic E-state index is 5.53. The van der Waals surface area contributed by atoms with Crippen molar-refractivity contribution in [3.63, 3.8) is 0 Å². The number of aliphatic imine (C=N–C) groups is 1. The zero-order valence-corrected chi connectivity index (χ0v) is 18.8. The lowest BCUT2D eigenvalue weighted by molar-refractivity contribution is 0.0487. The Morgan fingerprint density at radius 1 is 1.08 bits per heavy atom. The predicted octanol–water partition coefficient (Wildman–Crippen LogP) is 3.12. The summed E-state index contributed by atoms with van der Waals surface area (Å²) in [4.78, 5) is 4.21. The van der Waals surface area contributed by atoms with Crippen LogP contribution in [0.2, 0.25) is 0 Å². The van der Waals surface area contributed by atoms with Gasteiger partial charge in [-0.2, -0.15) is 0 Å². The fourth-order valence-corrected chi connectivity index (χ4v) is 2.19. The highest BCUT2D eigenvalue weighted by Crippen LogP contribution is 2.18. The van der Waals surface area contributed by atoms with Crippen LogP contribution in [0.25, 0.3) is 0 Å². The van der Waals surface area contributed by atoms with Gasteiger partial charge in [-0.15, -0.1) is 24.0 Å². The van der Waals surface area contributed by atoms with Gasteiger partial charge in [0.15, 0.2) is 5.96 Å². The number of nitrogens with zero attached hydrogens (tertiary/aromatic N) is 1. The zero-order chi connectivity index (χ0) is 18.3. The van der Waals surface area contributed by atoms with Crippen molar-refractivity contribution in [2.24, 2.45) is 4.99 Å². The summed E-state index contributed by atoms with van der Waals surface area (Å²) in [6.45, 7) is 8.29. The van der Waals surface area contributed by atoms with Gasteiger partial charge in [-0.1, -0.05) is 25.5 Å². The van der Waals surface area contributed by atoms with Crippen molar-refractivity contribution >= 4 is 29.9 Å². The van der Waals surface area contributed by atoms with E-state index >= 15 is 0 Å². The molecule has 0 aromatic heterocycles. The van der Waals surface area contributed by atoms with E-state index in [1.54, 1.807) is 14.2 Å². The summed E-state index contributed by atoms with van der Waals surface area (Å²) >= 11 is 0. The fraction of sp³-hybridized carbons (Fsp3) is 0.632. The van der Waals surface area contributed by atoms with E-state index in [9.17, 15) is 0 Å². The van der Waals surface area contributed by atoms with Crippen LogP contribution in [0.5, 0.6) is 5.75 Å². The van der Waals surface area contributed by atoms with Gasteiger partial charge in [-0.3, -0.25) is 4.99 Å². The van der Waals surface area contributed by atoms with E-state index < -0.39 is 0 Å². The Labute approximate surface area is 175 Å². The molecule has 0 saturated carbocycles. The largest absolute Gasteiger partial charge is 0.496 e. The molecule has 1 aromatic rings. The van der Waals surface area contributed by atoms with Crippen LogP contribution in [-0.2, 0) is 16.0 Å². The fourth-order valence-electron chi connectivity index (χ4n) is 2.19.